The van der Waals surface area contributed by atoms with Crippen molar-refractivity contribution in [3.8, 4) is 5.75 Å². The van der Waals surface area contributed by atoms with Gasteiger partial charge in [-0.1, -0.05) is 53.1 Å². The second-order valence-corrected chi connectivity index (χ2v) is 12.4. The SMILES string of the molecule is O=C(O)Cc1nc(NC(=O)C(Oc2ccc(Cl)cc2F)c2ccc(S(=O)(=O)N3CCCCC3)cc2)sc1Cl. The number of amides is 1. The maximum atomic E-state index is 14.5. The molecule has 1 fully saturated rings. The number of thiazole rings is 1. The molecule has 0 spiro atoms. The molecular weight excluding hydrogens is 580 g/mol. The van der Waals surface area contributed by atoms with Crippen molar-refractivity contribution in [2.45, 2.75) is 36.7 Å². The van der Waals surface area contributed by atoms with Crippen molar-refractivity contribution in [1.29, 1.82) is 0 Å². The van der Waals surface area contributed by atoms with Crippen molar-refractivity contribution in [2.24, 2.45) is 0 Å². The zero-order valence-electron chi connectivity index (χ0n) is 19.7. The average molecular weight is 602 g/mol. The molecule has 2 N–H and O–H groups in total. The van der Waals surface area contributed by atoms with E-state index in [1.807, 2.05) is 0 Å². The molecule has 4 rings (SSSR count). The number of carboxylic acids is 1. The second-order valence-electron chi connectivity index (χ2n) is 8.41. The number of hydrogen-bond donors (Lipinski definition) is 2. The third-order valence-corrected chi connectivity index (χ3v) is 9.11. The van der Waals surface area contributed by atoms with Crippen molar-refractivity contribution < 1.29 is 32.2 Å². The molecule has 1 atom stereocenters. The number of anilines is 1. The standard InChI is InChI=1S/C24H22Cl2FN3O6S2/c25-15-6-9-19(17(27)12-15)36-21(23(33)29-24-28-18(13-20(31)32)22(26)37-24)14-4-7-16(8-5-14)38(34,35)30-10-2-1-3-11-30/h4-9,12,21H,1-3,10-11,13H2,(H,31,32)(H,28,29,33). The van der Waals surface area contributed by atoms with Crippen LogP contribution in [0, 0.1) is 5.82 Å². The third kappa shape index (κ3) is 6.62. The summed E-state index contributed by atoms with van der Waals surface area (Å²) in [6, 6.07) is 9.25. The van der Waals surface area contributed by atoms with E-state index in [9.17, 15) is 22.4 Å². The summed E-state index contributed by atoms with van der Waals surface area (Å²) in [7, 11) is -3.71. The smallest absolute Gasteiger partial charge is 0.309 e. The summed E-state index contributed by atoms with van der Waals surface area (Å²) in [4.78, 5) is 28.4. The average Bonchev–Trinajstić information content (AvgIpc) is 3.21. The molecule has 3 aromatic rings. The minimum absolute atomic E-state index is 0.0192. The number of carbonyl (C=O) groups is 2. The van der Waals surface area contributed by atoms with Crippen molar-refractivity contribution in [1.82, 2.24) is 9.29 Å². The van der Waals surface area contributed by atoms with E-state index in [-0.39, 0.29) is 36.4 Å². The number of aliphatic carboxylic acids is 1. The molecule has 1 aliphatic rings. The Morgan fingerprint density at radius 3 is 2.45 bits per heavy atom. The number of hydrogen-bond acceptors (Lipinski definition) is 7. The monoisotopic (exact) mass is 601 g/mol. The Labute approximate surface area is 232 Å². The summed E-state index contributed by atoms with van der Waals surface area (Å²) >= 11 is 12.7. The molecule has 0 radical (unpaired) electrons. The summed E-state index contributed by atoms with van der Waals surface area (Å²) in [6.07, 6.45) is 0.684. The summed E-state index contributed by atoms with van der Waals surface area (Å²) in [5.74, 6) is -2.98. The van der Waals surface area contributed by atoms with Crippen LogP contribution < -0.4 is 10.1 Å². The van der Waals surface area contributed by atoms with Crippen molar-refractivity contribution in [3.05, 3.63) is 68.9 Å². The van der Waals surface area contributed by atoms with Crippen LogP contribution in [0.15, 0.2) is 47.4 Å². The van der Waals surface area contributed by atoms with Gasteiger partial charge in [-0.05, 0) is 43.2 Å². The third-order valence-electron chi connectivity index (χ3n) is 5.71. The van der Waals surface area contributed by atoms with Gasteiger partial charge in [0.05, 0.1) is 17.0 Å². The highest BCUT2D eigenvalue weighted by Crippen LogP contribution is 2.32. The molecule has 0 bridgehead atoms. The lowest BCUT2D eigenvalue weighted by molar-refractivity contribution is -0.136. The number of carbonyl (C=O) groups excluding carboxylic acids is 1. The van der Waals surface area contributed by atoms with E-state index in [4.69, 9.17) is 33.0 Å². The van der Waals surface area contributed by atoms with Gasteiger partial charge in [-0.15, -0.1) is 0 Å². The van der Waals surface area contributed by atoms with Crippen molar-refractivity contribution >= 4 is 61.6 Å². The number of sulfonamides is 1. The lowest BCUT2D eigenvalue weighted by atomic mass is 10.1. The van der Waals surface area contributed by atoms with Crippen LogP contribution >= 0.6 is 34.5 Å². The van der Waals surface area contributed by atoms with Gasteiger partial charge in [0.15, 0.2) is 16.7 Å². The van der Waals surface area contributed by atoms with Crippen LogP contribution in [0.5, 0.6) is 5.75 Å². The Kier molecular flexibility index (Phi) is 8.89. The molecule has 9 nitrogen and oxygen atoms in total. The molecule has 1 saturated heterocycles. The molecular formula is C24H22Cl2FN3O6S2. The van der Waals surface area contributed by atoms with Gasteiger partial charge in [-0.25, -0.2) is 17.8 Å². The summed E-state index contributed by atoms with van der Waals surface area (Å²) < 4.78 is 47.8. The van der Waals surface area contributed by atoms with Gasteiger partial charge in [-0.2, -0.15) is 4.31 Å². The van der Waals surface area contributed by atoms with Gasteiger partial charge in [-0.3, -0.25) is 14.9 Å². The number of nitrogens with zero attached hydrogens (tertiary/aromatic N) is 2. The van der Waals surface area contributed by atoms with E-state index in [0.29, 0.717) is 13.1 Å². The predicted octanol–water partition coefficient (Wildman–Crippen LogP) is 5.15. The fourth-order valence-electron chi connectivity index (χ4n) is 3.85. The Morgan fingerprint density at radius 1 is 1.13 bits per heavy atom. The predicted molar refractivity (Wildman–Crippen MR) is 141 cm³/mol. The Bertz CT molecular complexity index is 1440. The quantitative estimate of drug-likeness (QED) is 0.347. The summed E-state index contributed by atoms with van der Waals surface area (Å²) in [6.45, 7) is 0.878. The number of benzene rings is 2. The van der Waals surface area contributed by atoms with Gasteiger partial charge in [0.2, 0.25) is 16.1 Å². The number of aromatic nitrogens is 1. The first-order valence-corrected chi connectivity index (χ1v) is 14.5. The molecule has 1 amide bonds. The van der Waals surface area contributed by atoms with Crippen LogP contribution in [0.25, 0.3) is 0 Å². The molecule has 38 heavy (non-hydrogen) atoms. The number of carboxylic acid groups (broad SMARTS) is 1. The number of ether oxygens (including phenoxy) is 1. The lowest BCUT2D eigenvalue weighted by Gasteiger charge is -2.26. The zero-order valence-corrected chi connectivity index (χ0v) is 22.8. The number of piperidine rings is 1. The first kappa shape index (κ1) is 28.2. The van der Waals surface area contributed by atoms with Crippen molar-refractivity contribution in [3.63, 3.8) is 0 Å². The lowest BCUT2D eigenvalue weighted by Crippen LogP contribution is -2.35. The van der Waals surface area contributed by atoms with Crippen LogP contribution in [0.4, 0.5) is 9.52 Å². The van der Waals surface area contributed by atoms with E-state index in [1.54, 1.807) is 0 Å². The number of halogens is 3. The molecule has 1 aliphatic heterocycles. The minimum Gasteiger partial charge on any atom is -0.481 e. The largest absolute Gasteiger partial charge is 0.481 e. The van der Waals surface area contributed by atoms with E-state index in [1.165, 1.54) is 40.7 Å². The fourth-order valence-corrected chi connectivity index (χ4v) is 6.57. The molecule has 202 valence electrons. The van der Waals surface area contributed by atoms with Gasteiger partial charge in [0.25, 0.3) is 5.91 Å². The van der Waals surface area contributed by atoms with Gasteiger partial charge in [0.1, 0.15) is 4.34 Å². The molecule has 2 aromatic carbocycles. The van der Waals surface area contributed by atoms with E-state index < -0.39 is 40.2 Å². The normalized spacial score (nSPS) is 15.1. The highest BCUT2D eigenvalue weighted by molar-refractivity contribution is 7.89. The molecule has 2 heterocycles. The molecule has 1 unspecified atom stereocenters. The highest BCUT2D eigenvalue weighted by Gasteiger charge is 2.29. The Morgan fingerprint density at radius 2 is 1.82 bits per heavy atom. The first-order valence-electron chi connectivity index (χ1n) is 11.4. The molecule has 1 aromatic heterocycles. The van der Waals surface area contributed by atoms with Crippen LogP contribution in [0.2, 0.25) is 9.36 Å². The number of rotatable bonds is 9. The van der Waals surface area contributed by atoms with E-state index in [0.717, 1.165) is 36.7 Å². The van der Waals surface area contributed by atoms with Crippen LogP contribution in [-0.4, -0.2) is 47.8 Å². The van der Waals surface area contributed by atoms with Crippen LogP contribution in [0.3, 0.4) is 0 Å². The molecule has 0 saturated carbocycles. The molecule has 0 aliphatic carbocycles. The minimum atomic E-state index is -3.71. The van der Waals surface area contributed by atoms with Gasteiger partial charge in [0, 0.05) is 23.7 Å². The Balaban J connectivity index is 1.62. The Hall–Kier alpha value is -2.77. The summed E-state index contributed by atoms with van der Waals surface area (Å²) in [5, 5.41) is 11.7. The second kappa shape index (κ2) is 12.0. The maximum absolute atomic E-state index is 14.5. The first-order chi connectivity index (χ1) is 18.0. The topological polar surface area (TPSA) is 126 Å². The van der Waals surface area contributed by atoms with Gasteiger partial charge >= 0.3 is 5.97 Å². The fraction of sp³-hybridized carbons (Fsp3) is 0.292. The van der Waals surface area contributed by atoms with Crippen LogP contribution in [0.1, 0.15) is 36.6 Å². The zero-order chi connectivity index (χ0) is 27.4. The van der Waals surface area contributed by atoms with Gasteiger partial charge < -0.3 is 9.84 Å². The van der Waals surface area contributed by atoms with E-state index >= 15 is 0 Å². The highest BCUT2D eigenvalue weighted by atomic mass is 35.5. The van der Waals surface area contributed by atoms with Crippen LogP contribution in [-0.2, 0) is 26.0 Å². The summed E-state index contributed by atoms with van der Waals surface area (Å²) in [5.41, 5.74) is 0.316. The molecule has 14 heteroatoms. The maximum Gasteiger partial charge on any atom is 0.309 e. The van der Waals surface area contributed by atoms with Crippen molar-refractivity contribution in [2.75, 3.05) is 18.4 Å². The number of nitrogens with one attached hydrogen (secondary N) is 1. The van der Waals surface area contributed by atoms with E-state index in [2.05, 4.69) is 10.3 Å².